The third-order valence-corrected chi connectivity index (χ3v) is 18.9. The number of esters is 4. The highest BCUT2D eigenvalue weighted by atomic mass is 16.6. The van der Waals surface area contributed by atoms with Crippen molar-refractivity contribution in [2.75, 3.05) is 129 Å². The van der Waals surface area contributed by atoms with Crippen molar-refractivity contribution in [3.63, 3.8) is 0 Å². The second-order valence-electron chi connectivity index (χ2n) is 25.4. The number of rotatable bonds is 34. The van der Waals surface area contributed by atoms with Gasteiger partial charge >= 0.3 is 23.9 Å². The smallest absolute Gasteiger partial charge is 0.306 e. The first-order valence-corrected chi connectivity index (χ1v) is 35.6. The lowest BCUT2D eigenvalue weighted by atomic mass is 9.83. The Morgan fingerprint density at radius 3 is 1.21 bits per heavy atom. The summed E-state index contributed by atoms with van der Waals surface area (Å²) in [6.07, 6.45) is 8.52. The molecule has 4 heterocycles. The number of fused-ring (bicyclic) bond motifs is 6. The first-order valence-electron chi connectivity index (χ1n) is 35.6. The van der Waals surface area contributed by atoms with Crippen LogP contribution >= 0.6 is 0 Å². The van der Waals surface area contributed by atoms with Gasteiger partial charge in [-0.3, -0.25) is 19.2 Å². The first-order chi connectivity index (χ1) is 50.5. The van der Waals surface area contributed by atoms with Crippen LogP contribution in [0.15, 0.2) is 170 Å². The number of nitrogens with zero attached hydrogens (tertiary/aromatic N) is 2. The molecule has 0 bridgehead atoms. The minimum atomic E-state index is -0.980. The molecule has 20 heteroatoms. The van der Waals surface area contributed by atoms with Gasteiger partial charge in [-0.2, -0.15) is 0 Å². The molecule has 4 unspecified atom stereocenters. The van der Waals surface area contributed by atoms with E-state index >= 15 is 0 Å². The molecule has 0 saturated carbocycles. The van der Waals surface area contributed by atoms with Crippen molar-refractivity contribution in [2.24, 2.45) is 0 Å². The molecule has 540 valence electrons. The van der Waals surface area contributed by atoms with Crippen molar-refractivity contribution in [1.29, 1.82) is 0 Å². The molecular formula is C83H90N2O18. The highest BCUT2D eigenvalue weighted by Crippen LogP contribution is 2.49. The summed E-state index contributed by atoms with van der Waals surface area (Å²) in [7, 11) is 3.29. The highest BCUT2D eigenvalue weighted by molar-refractivity contribution is 6.03. The predicted octanol–water partition coefficient (Wildman–Crippen LogP) is 13.6. The maximum Gasteiger partial charge on any atom is 0.306 e. The molecule has 0 spiro atoms. The number of hydrogen-bond donors (Lipinski definition) is 0. The molecule has 8 aromatic carbocycles. The molecule has 0 aliphatic carbocycles. The van der Waals surface area contributed by atoms with Crippen LogP contribution in [0.3, 0.4) is 0 Å². The molecule has 2 fully saturated rings. The van der Waals surface area contributed by atoms with E-state index in [1.807, 2.05) is 111 Å². The molecule has 2 saturated heterocycles. The van der Waals surface area contributed by atoms with Crippen molar-refractivity contribution < 1.29 is 85.5 Å². The Labute approximate surface area is 601 Å². The largest absolute Gasteiger partial charge is 0.497 e. The first kappa shape index (κ1) is 72.7. The van der Waals surface area contributed by atoms with Crippen LogP contribution in [0.4, 0.5) is 11.4 Å². The maximum atomic E-state index is 12.8. The molecular weight excluding hydrogens is 1310 g/mol. The van der Waals surface area contributed by atoms with E-state index in [9.17, 15) is 19.2 Å². The van der Waals surface area contributed by atoms with Crippen LogP contribution < -0.4 is 38.2 Å². The summed E-state index contributed by atoms with van der Waals surface area (Å²) in [6, 6.07) is 52.3. The van der Waals surface area contributed by atoms with Crippen LogP contribution in [-0.4, -0.2) is 156 Å². The third-order valence-electron chi connectivity index (χ3n) is 18.9. The van der Waals surface area contributed by atoms with E-state index in [1.54, 1.807) is 14.2 Å². The topological polar surface area (TPSA) is 204 Å². The number of hydrogen-bond acceptors (Lipinski definition) is 20. The van der Waals surface area contributed by atoms with Crippen LogP contribution in [0.1, 0.15) is 92.2 Å². The zero-order valence-corrected chi connectivity index (χ0v) is 59.0. The SMILES string of the molecule is CCC(CCOCCOCC(CC)OC(=O)CCC(=O)OCCOc1ccc(C2(c3ccc(OC)cc3)C=Cc3c(cc(N4CCOCC4)c4ccccc34)O2)cc1)OC(=O)CCC(=O)OCCOc1ccc(C2(c3ccc(OC)cc3)C=Cc3c(cc(N4CCOCC4)c4ccccc34)O2)cc1. The quantitative estimate of drug-likeness (QED) is 0.0209. The van der Waals surface area contributed by atoms with E-state index in [0.717, 1.165) is 115 Å². The second kappa shape index (κ2) is 35.2. The number of carbonyl (C=O) groups excluding carboxylic acids is 4. The summed E-state index contributed by atoms with van der Waals surface area (Å²) in [5.74, 6) is 2.04. The van der Waals surface area contributed by atoms with Crippen LogP contribution in [0.2, 0.25) is 0 Å². The molecule has 0 aromatic heterocycles. The zero-order chi connectivity index (χ0) is 71.4. The maximum absolute atomic E-state index is 12.8. The van der Waals surface area contributed by atoms with E-state index < -0.39 is 47.3 Å². The molecule has 103 heavy (non-hydrogen) atoms. The average Bonchev–Trinajstić information content (AvgIpc) is 0.740. The summed E-state index contributed by atoms with van der Waals surface area (Å²) in [5, 5.41) is 4.54. The number of carbonyl (C=O) groups is 4. The van der Waals surface area contributed by atoms with Gasteiger partial charge in [0.15, 0.2) is 11.2 Å². The summed E-state index contributed by atoms with van der Waals surface area (Å²) in [5.41, 5.74) is 5.89. The summed E-state index contributed by atoms with van der Waals surface area (Å²) in [4.78, 5) is 55.6. The Kier molecular flexibility index (Phi) is 24.8. The van der Waals surface area contributed by atoms with E-state index in [4.69, 9.17) is 66.3 Å². The van der Waals surface area contributed by atoms with Crippen molar-refractivity contribution in [3.05, 3.63) is 203 Å². The van der Waals surface area contributed by atoms with E-state index in [0.29, 0.717) is 63.8 Å². The lowest BCUT2D eigenvalue weighted by molar-refractivity contribution is -0.156. The van der Waals surface area contributed by atoms with E-state index in [-0.39, 0.29) is 71.9 Å². The molecule has 4 aliphatic heterocycles. The van der Waals surface area contributed by atoms with Gasteiger partial charge in [-0.1, -0.05) is 111 Å². The van der Waals surface area contributed by atoms with Crippen LogP contribution in [0, 0.1) is 0 Å². The fraction of sp³-hybridized carbons (Fsp3) is 0.373. The van der Waals surface area contributed by atoms with Gasteiger partial charge in [0.1, 0.15) is 73.1 Å². The molecule has 8 aromatic rings. The standard InChI is InChI=1S/C83H90N2O18/c1-5-62(100-80(88)33-31-78(86)98-53-51-96-66-27-19-60(20-28-66)82(58-15-23-64(90-3)24-16-58)38-35-72-68-11-7-9-13-70(68)74(55-76(72)102-82)84-40-45-93-46-41-84)37-44-92-49-50-95-57-63(6-2)101-81(89)34-32-79(87)99-54-52-97-67-29-21-61(22-30-67)83(59-17-25-65(91-4)26-18-59)39-36-73-69-12-8-10-14-71(69)75(56-77(73)103-83)85-42-47-94-48-43-85/h7-30,35-36,38-39,55-56,62-63H,5-6,31-34,37,40-54,57H2,1-4H3. The van der Waals surface area contributed by atoms with E-state index in [2.05, 4.69) is 94.8 Å². The normalized spacial score (nSPS) is 17.4. The summed E-state index contributed by atoms with van der Waals surface area (Å²) in [6.45, 7) is 10.7. The fourth-order valence-electron chi connectivity index (χ4n) is 13.3. The second-order valence-corrected chi connectivity index (χ2v) is 25.4. The van der Waals surface area contributed by atoms with Crippen LogP contribution in [0.25, 0.3) is 33.7 Å². The van der Waals surface area contributed by atoms with Gasteiger partial charge in [0, 0.05) is 100 Å². The van der Waals surface area contributed by atoms with Gasteiger partial charge in [-0.25, -0.2) is 0 Å². The summed E-state index contributed by atoms with van der Waals surface area (Å²) < 4.78 is 82.4. The number of ether oxygens (including phenoxy) is 14. The number of anilines is 2. The van der Waals surface area contributed by atoms with Gasteiger partial charge in [-0.15, -0.1) is 0 Å². The zero-order valence-electron chi connectivity index (χ0n) is 59.0. The molecule has 12 rings (SSSR count). The summed E-state index contributed by atoms with van der Waals surface area (Å²) >= 11 is 0. The Bertz CT molecular complexity index is 3960. The number of methoxy groups -OCH3 is 2. The average molecular weight is 1400 g/mol. The minimum Gasteiger partial charge on any atom is -0.497 e. The Balaban J connectivity index is 0.512. The van der Waals surface area contributed by atoms with Crippen LogP contribution in [0.5, 0.6) is 34.5 Å². The molecule has 0 N–H and O–H groups in total. The molecule has 0 amide bonds. The Hall–Kier alpha value is -10.1. The van der Waals surface area contributed by atoms with E-state index in [1.165, 1.54) is 0 Å². The van der Waals surface area contributed by atoms with Crippen molar-refractivity contribution in [2.45, 2.75) is 82.2 Å². The molecule has 4 atom stereocenters. The van der Waals surface area contributed by atoms with Crippen LogP contribution in [-0.2, 0) is 68.3 Å². The monoisotopic (exact) mass is 1400 g/mol. The number of morpholine rings is 2. The Morgan fingerprint density at radius 1 is 0.427 bits per heavy atom. The van der Waals surface area contributed by atoms with Gasteiger partial charge in [0.05, 0.1) is 92.8 Å². The van der Waals surface area contributed by atoms with Gasteiger partial charge in [0.2, 0.25) is 0 Å². The third kappa shape index (κ3) is 17.9. The van der Waals surface area contributed by atoms with Crippen molar-refractivity contribution >= 4 is 68.9 Å². The molecule has 0 radical (unpaired) electrons. The number of benzene rings is 8. The van der Waals surface area contributed by atoms with Crippen molar-refractivity contribution in [3.8, 4) is 34.5 Å². The lowest BCUT2D eigenvalue weighted by Crippen LogP contribution is -2.37. The fourth-order valence-corrected chi connectivity index (χ4v) is 13.3. The highest BCUT2D eigenvalue weighted by Gasteiger charge is 2.40. The van der Waals surface area contributed by atoms with Gasteiger partial charge in [0.25, 0.3) is 0 Å². The molecule has 20 nitrogen and oxygen atoms in total. The lowest BCUT2D eigenvalue weighted by Gasteiger charge is -2.38. The molecule has 4 aliphatic rings. The Morgan fingerprint density at radius 2 is 0.806 bits per heavy atom. The van der Waals surface area contributed by atoms with Gasteiger partial charge < -0.3 is 76.1 Å². The van der Waals surface area contributed by atoms with Gasteiger partial charge in [-0.05, 0) is 96.4 Å². The minimum absolute atomic E-state index is 0.00957. The van der Waals surface area contributed by atoms with Crippen molar-refractivity contribution in [1.82, 2.24) is 0 Å². The predicted molar refractivity (Wildman–Crippen MR) is 392 cm³/mol.